The minimum atomic E-state index is -3.81. The molecule has 2 aliphatic rings. The van der Waals surface area contributed by atoms with Crippen LogP contribution >= 0.6 is 0 Å². The quantitative estimate of drug-likeness (QED) is 0.507. The van der Waals surface area contributed by atoms with E-state index < -0.39 is 21.9 Å². The lowest BCUT2D eigenvalue weighted by atomic mass is 9.85. The Morgan fingerprint density at radius 2 is 1.81 bits per heavy atom. The molecular weight excluding hydrogens is 490 g/mol. The first-order chi connectivity index (χ1) is 17.6. The summed E-state index contributed by atoms with van der Waals surface area (Å²) in [5.74, 6) is -0.995. The molecule has 1 aliphatic heterocycles. The van der Waals surface area contributed by atoms with E-state index in [1.807, 2.05) is 50.2 Å². The maximum absolute atomic E-state index is 13.5. The van der Waals surface area contributed by atoms with Crippen molar-refractivity contribution in [3.8, 4) is 5.75 Å². The Morgan fingerprint density at radius 3 is 2.59 bits per heavy atom. The molecule has 0 amide bonds. The Labute approximate surface area is 216 Å². The number of fused-ring (bicyclic) bond motifs is 2. The van der Waals surface area contributed by atoms with Crippen molar-refractivity contribution in [1.82, 2.24) is 4.31 Å². The summed E-state index contributed by atoms with van der Waals surface area (Å²) in [7, 11) is -3.81. The number of ether oxygens (including phenoxy) is 1. The van der Waals surface area contributed by atoms with E-state index >= 15 is 0 Å². The molecule has 0 spiro atoms. The van der Waals surface area contributed by atoms with Crippen LogP contribution in [0.3, 0.4) is 0 Å². The molecule has 7 nitrogen and oxygen atoms in total. The second kappa shape index (κ2) is 9.76. The maximum atomic E-state index is 13.5. The van der Waals surface area contributed by atoms with E-state index in [-0.39, 0.29) is 36.3 Å². The Balaban J connectivity index is 1.52. The van der Waals surface area contributed by atoms with Gasteiger partial charge in [-0.1, -0.05) is 42.5 Å². The number of hydrogen-bond donors (Lipinski definition) is 1. The van der Waals surface area contributed by atoms with Crippen molar-refractivity contribution >= 4 is 21.8 Å². The molecule has 0 radical (unpaired) electrons. The molecule has 1 N–H and O–H groups in total. The van der Waals surface area contributed by atoms with Gasteiger partial charge >= 0.3 is 5.97 Å². The van der Waals surface area contributed by atoms with Gasteiger partial charge in [0.15, 0.2) is 5.78 Å². The molecule has 37 heavy (non-hydrogen) atoms. The minimum absolute atomic E-state index is 0.0820. The first-order valence-corrected chi connectivity index (χ1v) is 13.8. The molecule has 3 aromatic carbocycles. The lowest BCUT2D eigenvalue weighted by Crippen LogP contribution is -2.35. The van der Waals surface area contributed by atoms with E-state index in [1.165, 1.54) is 4.31 Å². The van der Waals surface area contributed by atoms with E-state index in [0.717, 1.165) is 27.8 Å². The molecular formula is C29H29NO6S. The zero-order chi connectivity index (χ0) is 26.3. The van der Waals surface area contributed by atoms with Crippen LogP contribution in [0.15, 0.2) is 65.6 Å². The van der Waals surface area contributed by atoms with Gasteiger partial charge in [0, 0.05) is 24.4 Å². The third-order valence-corrected chi connectivity index (χ3v) is 9.07. The molecule has 3 aromatic rings. The second-order valence-electron chi connectivity index (χ2n) is 9.85. The predicted octanol–water partition coefficient (Wildman–Crippen LogP) is 4.70. The number of aryl methyl sites for hydroxylation is 2. The molecule has 192 valence electrons. The van der Waals surface area contributed by atoms with Crippen LogP contribution in [0, 0.1) is 6.92 Å². The van der Waals surface area contributed by atoms with Crippen molar-refractivity contribution in [2.24, 2.45) is 0 Å². The van der Waals surface area contributed by atoms with E-state index in [9.17, 15) is 23.1 Å². The number of benzene rings is 3. The molecule has 0 saturated heterocycles. The van der Waals surface area contributed by atoms with E-state index in [2.05, 4.69) is 0 Å². The van der Waals surface area contributed by atoms with Gasteiger partial charge in [-0.15, -0.1) is 0 Å². The number of carboxylic acids is 1. The SMILES string of the molecule is Cc1ccc(C(CC(=O)O)c2ccc3c(c2)C(=O)CC3)cc1CN1C[C@@H](C)Oc2ccccc2S1(=O)=O. The molecule has 1 aliphatic carbocycles. The van der Waals surface area contributed by atoms with Crippen LogP contribution in [0.2, 0.25) is 0 Å². The third kappa shape index (κ3) is 4.91. The first-order valence-electron chi connectivity index (χ1n) is 12.4. The lowest BCUT2D eigenvalue weighted by Gasteiger charge is -2.24. The van der Waals surface area contributed by atoms with Crippen molar-refractivity contribution in [3.05, 3.63) is 94.0 Å². The molecule has 8 heteroatoms. The number of nitrogens with zero attached hydrogens (tertiary/aromatic N) is 1. The third-order valence-electron chi connectivity index (χ3n) is 7.21. The van der Waals surface area contributed by atoms with Gasteiger partial charge in [0.05, 0.1) is 13.0 Å². The van der Waals surface area contributed by atoms with Gasteiger partial charge in [0.2, 0.25) is 10.0 Å². The Kier molecular flexibility index (Phi) is 6.64. The Morgan fingerprint density at radius 1 is 1.08 bits per heavy atom. The fourth-order valence-corrected chi connectivity index (χ4v) is 6.84. The standard InChI is InChI=1S/C29H29NO6S/c1-18-7-8-21(24(15-29(32)33)22-10-9-20-11-12-26(31)25(20)14-22)13-23(18)17-30-16-19(2)36-27-5-3-4-6-28(27)37(30,34)35/h3-10,13-14,19,24H,11-12,15-17H2,1-2H3,(H,32,33)/t19-,24?/m1/s1. The topological polar surface area (TPSA) is 101 Å². The Bertz CT molecular complexity index is 1500. The lowest BCUT2D eigenvalue weighted by molar-refractivity contribution is -0.137. The smallest absolute Gasteiger partial charge is 0.304 e. The molecule has 0 saturated carbocycles. The van der Waals surface area contributed by atoms with Crippen molar-refractivity contribution in [3.63, 3.8) is 0 Å². The van der Waals surface area contributed by atoms with Crippen LogP contribution in [-0.4, -0.2) is 42.2 Å². The number of sulfonamides is 1. The fourth-order valence-electron chi connectivity index (χ4n) is 5.23. The van der Waals surface area contributed by atoms with Gasteiger partial charge in [-0.05, 0) is 66.3 Å². The normalized spacial score (nSPS) is 19.4. The summed E-state index contributed by atoms with van der Waals surface area (Å²) < 4.78 is 34.4. The highest BCUT2D eigenvalue weighted by molar-refractivity contribution is 7.89. The summed E-state index contributed by atoms with van der Waals surface area (Å²) in [5, 5.41) is 9.69. The average molecular weight is 520 g/mol. The summed E-state index contributed by atoms with van der Waals surface area (Å²) in [5.41, 5.74) is 4.90. The van der Waals surface area contributed by atoms with Crippen molar-refractivity contribution in [2.45, 2.75) is 56.6 Å². The van der Waals surface area contributed by atoms with Crippen LogP contribution in [0.4, 0.5) is 0 Å². The number of hydrogen-bond acceptors (Lipinski definition) is 5. The van der Waals surface area contributed by atoms with Crippen LogP contribution in [0.25, 0.3) is 0 Å². The molecule has 2 atom stereocenters. The highest BCUT2D eigenvalue weighted by Crippen LogP contribution is 2.35. The first kappa shape index (κ1) is 25.2. The molecule has 0 fully saturated rings. The van der Waals surface area contributed by atoms with E-state index in [4.69, 9.17) is 4.74 Å². The fraction of sp³-hybridized carbons (Fsp3) is 0.310. The summed E-state index contributed by atoms with van der Waals surface area (Å²) in [4.78, 5) is 24.3. The number of Topliss-reactive ketones (excluding diaryl/α,β-unsaturated/α-hetero) is 1. The highest BCUT2D eigenvalue weighted by atomic mass is 32.2. The van der Waals surface area contributed by atoms with Crippen LogP contribution in [0.1, 0.15) is 63.9 Å². The van der Waals surface area contributed by atoms with Gasteiger partial charge < -0.3 is 9.84 Å². The predicted molar refractivity (Wildman–Crippen MR) is 138 cm³/mol. The van der Waals surface area contributed by atoms with Crippen molar-refractivity contribution < 1.29 is 27.9 Å². The van der Waals surface area contributed by atoms with Gasteiger partial charge in [0.25, 0.3) is 0 Å². The monoisotopic (exact) mass is 519 g/mol. The largest absolute Gasteiger partial charge is 0.488 e. The zero-order valence-electron chi connectivity index (χ0n) is 20.8. The molecule has 1 unspecified atom stereocenters. The minimum Gasteiger partial charge on any atom is -0.488 e. The highest BCUT2D eigenvalue weighted by Gasteiger charge is 2.33. The number of ketones is 1. The molecule has 1 heterocycles. The van der Waals surface area contributed by atoms with Gasteiger partial charge in [-0.25, -0.2) is 8.42 Å². The number of carbonyl (C=O) groups excluding carboxylic acids is 1. The van der Waals surface area contributed by atoms with Crippen LogP contribution in [0.5, 0.6) is 5.75 Å². The second-order valence-corrected chi connectivity index (χ2v) is 11.8. The van der Waals surface area contributed by atoms with Gasteiger partial charge in [0.1, 0.15) is 16.7 Å². The maximum Gasteiger partial charge on any atom is 0.304 e. The van der Waals surface area contributed by atoms with Gasteiger partial charge in [-0.2, -0.15) is 4.31 Å². The number of carboxylic acid groups (broad SMARTS) is 1. The molecule has 0 bridgehead atoms. The summed E-state index contributed by atoms with van der Waals surface area (Å²) >= 11 is 0. The Hall–Kier alpha value is -3.49. The van der Waals surface area contributed by atoms with E-state index in [1.54, 1.807) is 24.3 Å². The molecule has 5 rings (SSSR count). The number of rotatable bonds is 6. The number of para-hydroxylation sites is 1. The van der Waals surface area contributed by atoms with Crippen molar-refractivity contribution in [1.29, 1.82) is 0 Å². The van der Waals surface area contributed by atoms with Crippen molar-refractivity contribution in [2.75, 3.05) is 6.54 Å². The molecule has 0 aromatic heterocycles. The van der Waals surface area contributed by atoms with Gasteiger partial charge in [-0.3, -0.25) is 9.59 Å². The number of aliphatic carboxylic acids is 1. The average Bonchev–Trinajstić information content (AvgIpc) is 3.19. The number of carbonyl (C=O) groups is 2. The summed E-state index contributed by atoms with van der Waals surface area (Å²) in [6.45, 7) is 4.07. The zero-order valence-corrected chi connectivity index (χ0v) is 21.6. The summed E-state index contributed by atoms with van der Waals surface area (Å²) in [6.07, 6.45) is 0.704. The van der Waals surface area contributed by atoms with E-state index in [0.29, 0.717) is 24.2 Å². The van der Waals surface area contributed by atoms with Crippen LogP contribution < -0.4 is 4.74 Å². The van der Waals surface area contributed by atoms with Crippen LogP contribution in [-0.2, 0) is 27.8 Å². The summed E-state index contributed by atoms with van der Waals surface area (Å²) in [6, 6.07) is 18.0.